The third kappa shape index (κ3) is 2.58. The third-order valence-corrected chi connectivity index (χ3v) is 6.36. The molecule has 0 aromatic carbocycles. The predicted octanol–water partition coefficient (Wildman–Crippen LogP) is 3.86. The molecule has 2 rings (SSSR count). The molecule has 2 aliphatic rings. The van der Waals surface area contributed by atoms with Crippen LogP contribution in [0.15, 0.2) is 0 Å². The molecule has 2 nitrogen and oxygen atoms in total. The van der Waals surface area contributed by atoms with Crippen molar-refractivity contribution in [3.63, 3.8) is 0 Å². The summed E-state index contributed by atoms with van der Waals surface area (Å²) in [5.74, 6) is 1.25. The van der Waals surface area contributed by atoms with Gasteiger partial charge < -0.3 is 10.8 Å². The van der Waals surface area contributed by atoms with Crippen molar-refractivity contribution in [2.75, 3.05) is 6.54 Å². The Morgan fingerprint density at radius 1 is 1.05 bits per heavy atom. The Labute approximate surface area is 119 Å². The Kier molecular flexibility index (Phi) is 4.94. The van der Waals surface area contributed by atoms with E-state index in [4.69, 9.17) is 5.73 Å². The summed E-state index contributed by atoms with van der Waals surface area (Å²) in [5, 5.41) is 11.5. The molecule has 0 aromatic heterocycles. The van der Waals surface area contributed by atoms with Gasteiger partial charge in [0.15, 0.2) is 0 Å². The second-order valence-corrected chi connectivity index (χ2v) is 7.13. The molecule has 2 aliphatic carbocycles. The highest BCUT2D eigenvalue weighted by atomic mass is 16.3. The van der Waals surface area contributed by atoms with E-state index in [1.54, 1.807) is 0 Å². The maximum atomic E-state index is 11.5. The van der Waals surface area contributed by atoms with E-state index in [2.05, 4.69) is 13.8 Å². The van der Waals surface area contributed by atoms with Gasteiger partial charge in [0.1, 0.15) is 0 Å². The first kappa shape index (κ1) is 15.3. The summed E-state index contributed by atoms with van der Waals surface area (Å²) in [6.45, 7) is 5.21. The fourth-order valence-electron chi connectivity index (χ4n) is 5.06. The maximum Gasteiger partial charge on any atom is 0.0743 e. The van der Waals surface area contributed by atoms with E-state index in [0.29, 0.717) is 12.5 Å². The summed E-state index contributed by atoms with van der Waals surface area (Å²) in [4.78, 5) is 0. The van der Waals surface area contributed by atoms with E-state index in [1.807, 2.05) is 0 Å². The molecule has 0 radical (unpaired) electrons. The van der Waals surface area contributed by atoms with Gasteiger partial charge in [-0.15, -0.1) is 0 Å². The lowest BCUT2D eigenvalue weighted by Gasteiger charge is -2.56. The van der Waals surface area contributed by atoms with Crippen LogP contribution in [0.25, 0.3) is 0 Å². The van der Waals surface area contributed by atoms with Crippen molar-refractivity contribution >= 4 is 0 Å². The lowest BCUT2D eigenvalue weighted by atomic mass is 9.53. The van der Waals surface area contributed by atoms with Gasteiger partial charge in [0.2, 0.25) is 0 Å². The van der Waals surface area contributed by atoms with Gasteiger partial charge in [0.05, 0.1) is 5.60 Å². The number of nitrogens with two attached hydrogens (primary N) is 1. The molecule has 0 saturated heterocycles. The normalized spacial score (nSPS) is 44.2. The summed E-state index contributed by atoms with van der Waals surface area (Å²) >= 11 is 0. The highest BCUT2D eigenvalue weighted by molar-refractivity contribution is 5.06. The van der Waals surface area contributed by atoms with Crippen molar-refractivity contribution in [2.45, 2.75) is 83.7 Å². The first-order chi connectivity index (χ1) is 9.12. The van der Waals surface area contributed by atoms with Crippen LogP contribution in [0.3, 0.4) is 0 Å². The fraction of sp³-hybridized carbons (Fsp3) is 1.00. The average molecular weight is 267 g/mol. The molecule has 2 heteroatoms. The van der Waals surface area contributed by atoms with Crippen LogP contribution in [0.2, 0.25) is 0 Å². The predicted molar refractivity (Wildman–Crippen MR) is 80.9 cm³/mol. The van der Waals surface area contributed by atoms with Crippen molar-refractivity contribution < 1.29 is 5.11 Å². The van der Waals surface area contributed by atoms with Crippen molar-refractivity contribution in [3.8, 4) is 0 Å². The number of aliphatic hydroxyl groups is 1. The molecule has 0 spiro atoms. The Morgan fingerprint density at radius 3 is 2.47 bits per heavy atom. The van der Waals surface area contributed by atoms with Gasteiger partial charge >= 0.3 is 0 Å². The zero-order valence-corrected chi connectivity index (χ0v) is 13.0. The number of hydrogen-bond acceptors (Lipinski definition) is 2. The zero-order valence-electron chi connectivity index (χ0n) is 13.0. The monoisotopic (exact) mass is 267 g/mol. The van der Waals surface area contributed by atoms with Crippen molar-refractivity contribution in [2.24, 2.45) is 23.0 Å². The highest BCUT2D eigenvalue weighted by Gasteiger charge is 2.54. The first-order valence-corrected chi connectivity index (χ1v) is 8.54. The molecule has 0 aromatic rings. The molecule has 0 bridgehead atoms. The SMILES string of the molecule is CCC1CCCC(CN)(C2(O)CCCCC2CC)C1. The Hall–Kier alpha value is -0.0800. The van der Waals surface area contributed by atoms with Crippen molar-refractivity contribution in [1.29, 1.82) is 0 Å². The second kappa shape index (κ2) is 6.13. The fourth-order valence-corrected chi connectivity index (χ4v) is 5.06. The lowest BCUT2D eigenvalue weighted by Crippen LogP contribution is -2.59. The quantitative estimate of drug-likeness (QED) is 0.812. The lowest BCUT2D eigenvalue weighted by molar-refractivity contribution is -0.165. The standard InChI is InChI=1S/C17H33NO/c1-3-14-8-7-10-16(12-14,13-18)17(19)11-6-5-9-15(17)4-2/h14-15,19H,3-13,18H2,1-2H3. The van der Waals surface area contributed by atoms with Crippen LogP contribution in [0.5, 0.6) is 0 Å². The van der Waals surface area contributed by atoms with Crippen LogP contribution in [-0.4, -0.2) is 17.3 Å². The molecule has 4 unspecified atom stereocenters. The average Bonchev–Trinajstić information content (AvgIpc) is 2.47. The molecule has 19 heavy (non-hydrogen) atoms. The molecule has 4 atom stereocenters. The largest absolute Gasteiger partial charge is 0.389 e. The number of rotatable bonds is 4. The van der Waals surface area contributed by atoms with E-state index < -0.39 is 5.60 Å². The molecule has 3 N–H and O–H groups in total. The van der Waals surface area contributed by atoms with Gasteiger partial charge in [-0.3, -0.25) is 0 Å². The van der Waals surface area contributed by atoms with E-state index in [1.165, 1.54) is 38.5 Å². The molecular weight excluding hydrogens is 234 g/mol. The summed E-state index contributed by atoms with van der Waals surface area (Å²) in [6.07, 6.45) is 11.9. The van der Waals surface area contributed by atoms with Gasteiger partial charge in [0, 0.05) is 12.0 Å². The van der Waals surface area contributed by atoms with E-state index in [-0.39, 0.29) is 5.41 Å². The molecule has 0 heterocycles. The van der Waals surface area contributed by atoms with Crippen molar-refractivity contribution in [3.05, 3.63) is 0 Å². The summed E-state index contributed by atoms with van der Waals surface area (Å²) in [7, 11) is 0. The topological polar surface area (TPSA) is 46.2 Å². The second-order valence-electron chi connectivity index (χ2n) is 7.13. The Bertz CT molecular complexity index is 293. The van der Waals surface area contributed by atoms with Crippen LogP contribution in [0.1, 0.15) is 78.1 Å². The molecule has 112 valence electrons. The van der Waals surface area contributed by atoms with Gasteiger partial charge in [-0.05, 0) is 37.5 Å². The Balaban J connectivity index is 2.26. The van der Waals surface area contributed by atoms with Crippen LogP contribution in [-0.2, 0) is 0 Å². The zero-order chi connectivity index (χ0) is 13.9. The van der Waals surface area contributed by atoms with Crippen LogP contribution in [0.4, 0.5) is 0 Å². The van der Waals surface area contributed by atoms with Gasteiger partial charge in [0.25, 0.3) is 0 Å². The van der Waals surface area contributed by atoms with E-state index >= 15 is 0 Å². The van der Waals surface area contributed by atoms with Gasteiger partial charge in [-0.2, -0.15) is 0 Å². The molecule has 0 aliphatic heterocycles. The maximum absolute atomic E-state index is 11.5. The third-order valence-electron chi connectivity index (χ3n) is 6.36. The summed E-state index contributed by atoms with van der Waals surface area (Å²) in [5.41, 5.74) is 5.75. The minimum atomic E-state index is -0.484. The number of hydrogen-bond donors (Lipinski definition) is 2. The summed E-state index contributed by atoms with van der Waals surface area (Å²) in [6, 6.07) is 0. The highest BCUT2D eigenvalue weighted by Crippen LogP contribution is 2.55. The van der Waals surface area contributed by atoms with Crippen LogP contribution < -0.4 is 5.73 Å². The smallest absolute Gasteiger partial charge is 0.0743 e. The Morgan fingerprint density at radius 2 is 1.84 bits per heavy atom. The summed E-state index contributed by atoms with van der Waals surface area (Å²) < 4.78 is 0. The molecule has 2 fully saturated rings. The minimum Gasteiger partial charge on any atom is -0.389 e. The van der Waals surface area contributed by atoms with Gasteiger partial charge in [-0.25, -0.2) is 0 Å². The van der Waals surface area contributed by atoms with Crippen LogP contribution in [0, 0.1) is 17.3 Å². The van der Waals surface area contributed by atoms with Gasteiger partial charge in [-0.1, -0.05) is 52.4 Å². The minimum absolute atomic E-state index is 0.00697. The van der Waals surface area contributed by atoms with E-state index in [9.17, 15) is 5.11 Å². The van der Waals surface area contributed by atoms with E-state index in [0.717, 1.165) is 31.6 Å². The van der Waals surface area contributed by atoms with Crippen LogP contribution >= 0.6 is 0 Å². The van der Waals surface area contributed by atoms with Crippen molar-refractivity contribution in [1.82, 2.24) is 0 Å². The molecule has 2 saturated carbocycles. The first-order valence-electron chi connectivity index (χ1n) is 8.54. The molecular formula is C17H33NO. The molecule has 0 amide bonds.